The van der Waals surface area contributed by atoms with Gasteiger partial charge < -0.3 is 25.7 Å². The molecular formula is C13H19N2O6+. The highest BCUT2D eigenvalue weighted by Crippen LogP contribution is 2.36. The minimum Gasteiger partial charge on any atom is -0.509 e. The quantitative estimate of drug-likeness (QED) is 0.439. The molecule has 2 rings (SSSR count). The molecule has 5 N–H and O–H groups in total. The molecule has 2 aliphatic rings. The van der Waals surface area contributed by atoms with Crippen molar-refractivity contribution in [2.45, 2.75) is 37.4 Å². The molecule has 0 radical (unpaired) electrons. The summed E-state index contributed by atoms with van der Waals surface area (Å²) in [5, 5.41) is 40.8. The summed E-state index contributed by atoms with van der Waals surface area (Å²) in [6, 6.07) is -1.92. The van der Waals surface area contributed by atoms with Crippen LogP contribution in [0.5, 0.6) is 0 Å². The maximum atomic E-state index is 12.2. The first-order chi connectivity index (χ1) is 9.86. The van der Waals surface area contributed by atoms with Crippen LogP contribution in [-0.4, -0.2) is 62.0 Å². The third kappa shape index (κ3) is 2.30. The summed E-state index contributed by atoms with van der Waals surface area (Å²) in [5.41, 5.74) is -0.716. The normalized spacial score (nSPS) is 32.9. The van der Waals surface area contributed by atoms with Gasteiger partial charge in [-0.15, -0.1) is 0 Å². The number of nitrogens with zero attached hydrogens (tertiary/aromatic N) is 1. The van der Waals surface area contributed by atoms with Crippen LogP contribution in [0.15, 0.2) is 23.1 Å². The molecule has 0 aliphatic carbocycles. The van der Waals surface area contributed by atoms with E-state index in [1.54, 1.807) is 6.92 Å². The fraction of sp³-hybridized carbons (Fsp3) is 0.615. The summed E-state index contributed by atoms with van der Waals surface area (Å²) < 4.78 is 0.484. The second-order valence-corrected chi connectivity index (χ2v) is 5.47. The van der Waals surface area contributed by atoms with E-state index in [1.807, 2.05) is 0 Å². The monoisotopic (exact) mass is 299 g/mol. The van der Waals surface area contributed by atoms with Gasteiger partial charge in [0.25, 0.3) is 6.04 Å². The number of hydrogen-bond acceptors (Lipinski definition) is 6. The molecule has 0 spiro atoms. The van der Waals surface area contributed by atoms with E-state index in [2.05, 4.69) is 5.32 Å². The average molecular weight is 299 g/mol. The van der Waals surface area contributed by atoms with Gasteiger partial charge in [0.2, 0.25) is 6.04 Å². The Hall–Kier alpha value is -1.93. The third-order valence-electron chi connectivity index (χ3n) is 4.32. The predicted molar refractivity (Wildman–Crippen MR) is 71.5 cm³/mol. The van der Waals surface area contributed by atoms with Crippen LogP contribution < -0.4 is 5.32 Å². The number of dihydropyridines is 1. The van der Waals surface area contributed by atoms with Gasteiger partial charge in [0.05, 0.1) is 13.2 Å². The van der Waals surface area contributed by atoms with Gasteiger partial charge in [-0.3, -0.25) is 0 Å². The van der Waals surface area contributed by atoms with Crippen molar-refractivity contribution in [1.82, 2.24) is 5.32 Å². The number of aliphatic hydroxyl groups is 3. The summed E-state index contributed by atoms with van der Waals surface area (Å²) in [4.78, 5) is 23.2. The van der Waals surface area contributed by atoms with E-state index in [4.69, 9.17) is 5.11 Å². The van der Waals surface area contributed by atoms with Crippen LogP contribution >= 0.6 is 0 Å². The molecule has 0 aromatic rings. The predicted octanol–water partition coefficient (Wildman–Crippen LogP) is -0.577. The molecule has 2 heterocycles. The van der Waals surface area contributed by atoms with E-state index in [0.29, 0.717) is 16.8 Å². The second kappa shape index (κ2) is 5.45. The summed E-state index contributed by atoms with van der Waals surface area (Å²) in [6.07, 6.45) is 1.93. The van der Waals surface area contributed by atoms with Gasteiger partial charge in [-0.25, -0.2) is 4.79 Å². The zero-order chi connectivity index (χ0) is 15.8. The van der Waals surface area contributed by atoms with Gasteiger partial charge >= 0.3 is 5.97 Å². The van der Waals surface area contributed by atoms with Crippen molar-refractivity contribution in [3.63, 3.8) is 0 Å². The molecule has 0 bridgehead atoms. The molecule has 3 atom stereocenters. The number of aliphatic hydroxyl groups excluding tert-OH is 3. The molecule has 0 amide bonds. The third-order valence-corrected chi connectivity index (χ3v) is 4.32. The standard InChI is InChI=1S/C13H18N2O6/c1-13(10-3-2-9(12(19)20)15(10)21)11(18)8(6-17)7(5-16)4-14-13/h4,9-10,14,16-17H,2-3,5-6H2,1H3,(H-,18,19,20)/p+1. The lowest BCUT2D eigenvalue weighted by Crippen LogP contribution is -2.57. The largest absolute Gasteiger partial charge is 0.509 e. The Morgan fingerprint density at radius 2 is 2.10 bits per heavy atom. The minimum absolute atomic E-state index is 0.158. The van der Waals surface area contributed by atoms with Gasteiger partial charge in [-0.2, -0.15) is 0 Å². The van der Waals surface area contributed by atoms with Crippen LogP contribution in [0.4, 0.5) is 0 Å². The fourth-order valence-corrected chi connectivity index (χ4v) is 2.99. The van der Waals surface area contributed by atoms with Crippen LogP contribution in [0.25, 0.3) is 0 Å². The number of carbonyl (C=O) groups is 1. The molecule has 21 heavy (non-hydrogen) atoms. The zero-order valence-electron chi connectivity index (χ0n) is 11.6. The van der Waals surface area contributed by atoms with Crippen molar-refractivity contribution in [3.8, 4) is 0 Å². The molecule has 0 saturated carbocycles. The van der Waals surface area contributed by atoms with Gasteiger partial charge in [0, 0.05) is 39.9 Å². The zero-order valence-corrected chi connectivity index (χ0v) is 11.6. The molecular weight excluding hydrogens is 280 g/mol. The van der Waals surface area contributed by atoms with Crippen LogP contribution in [0.1, 0.15) is 19.8 Å². The first-order valence-electron chi connectivity index (χ1n) is 6.66. The number of rotatable bonds is 4. The van der Waals surface area contributed by atoms with Crippen LogP contribution in [-0.2, 0) is 4.79 Å². The molecule has 1 fully saturated rings. The molecule has 8 nitrogen and oxygen atoms in total. The lowest BCUT2D eigenvalue weighted by atomic mass is 9.83. The molecule has 8 heteroatoms. The summed E-state index contributed by atoms with van der Waals surface area (Å²) >= 11 is 0. The van der Waals surface area contributed by atoms with Gasteiger partial charge in [0.1, 0.15) is 5.76 Å². The molecule has 0 aromatic carbocycles. The maximum absolute atomic E-state index is 12.2. The van der Waals surface area contributed by atoms with Gasteiger partial charge in [-0.1, -0.05) is 0 Å². The van der Waals surface area contributed by atoms with Crippen molar-refractivity contribution < 1.29 is 30.0 Å². The fourth-order valence-electron chi connectivity index (χ4n) is 2.99. The Kier molecular flexibility index (Phi) is 4.02. The average Bonchev–Trinajstić information content (AvgIpc) is 2.84. The van der Waals surface area contributed by atoms with Crippen LogP contribution in [0.2, 0.25) is 0 Å². The highest BCUT2D eigenvalue weighted by molar-refractivity contribution is 5.72. The number of aliphatic carboxylic acids is 1. The highest BCUT2D eigenvalue weighted by Gasteiger charge is 2.58. The Morgan fingerprint density at radius 3 is 2.57 bits per heavy atom. The number of carboxylic acid groups (broad SMARTS) is 1. The van der Waals surface area contributed by atoms with Crippen molar-refractivity contribution in [2.24, 2.45) is 0 Å². The Labute approximate surface area is 121 Å². The Morgan fingerprint density at radius 1 is 1.43 bits per heavy atom. The highest BCUT2D eigenvalue weighted by atomic mass is 16.4. The smallest absolute Gasteiger partial charge is 0.377 e. The second-order valence-electron chi connectivity index (χ2n) is 5.47. The van der Waals surface area contributed by atoms with E-state index in [9.17, 15) is 25.0 Å². The van der Waals surface area contributed by atoms with E-state index in [-0.39, 0.29) is 24.4 Å². The number of nitrogens with one attached hydrogen (secondary N) is 1. The maximum Gasteiger partial charge on any atom is 0.377 e. The Balaban J connectivity index is 2.36. The van der Waals surface area contributed by atoms with E-state index < -0.39 is 30.2 Å². The lowest BCUT2D eigenvalue weighted by molar-refractivity contribution is -0.595. The summed E-state index contributed by atoms with van der Waals surface area (Å²) in [7, 11) is 0. The number of hydrogen-bond donors (Lipinski definition) is 5. The van der Waals surface area contributed by atoms with E-state index in [0.717, 1.165) is 0 Å². The molecule has 116 valence electrons. The van der Waals surface area contributed by atoms with Crippen LogP contribution in [0, 0.1) is 4.91 Å². The topological polar surface area (TPSA) is 130 Å². The lowest BCUT2D eigenvalue weighted by Gasteiger charge is -2.35. The van der Waals surface area contributed by atoms with Crippen molar-refractivity contribution >= 4 is 5.97 Å². The van der Waals surface area contributed by atoms with Crippen molar-refractivity contribution in [1.29, 1.82) is 0 Å². The summed E-state index contributed by atoms with van der Waals surface area (Å²) in [5.74, 6) is -1.43. The number of nitroso groups, excluding NO2 is 1. The first kappa shape index (κ1) is 15.5. The SMILES string of the molecule is CC1(C2CCC(C(=O)O)[N+]2=O)NC=C(CO)C(CO)=C1O. The first-order valence-corrected chi connectivity index (χ1v) is 6.66. The molecule has 3 unspecified atom stereocenters. The van der Waals surface area contributed by atoms with Crippen molar-refractivity contribution in [2.75, 3.05) is 13.2 Å². The minimum atomic E-state index is -1.21. The molecule has 2 aliphatic heterocycles. The molecule has 0 aromatic heterocycles. The van der Waals surface area contributed by atoms with Crippen LogP contribution in [0.3, 0.4) is 0 Å². The van der Waals surface area contributed by atoms with Crippen molar-refractivity contribution in [3.05, 3.63) is 28.0 Å². The molecule has 1 saturated heterocycles. The van der Waals surface area contributed by atoms with E-state index >= 15 is 0 Å². The van der Waals surface area contributed by atoms with Gasteiger partial charge in [0.15, 0.2) is 5.54 Å². The van der Waals surface area contributed by atoms with Gasteiger partial charge in [-0.05, 0) is 6.92 Å². The number of carboxylic acids is 1. The Bertz CT molecular complexity index is 541. The van der Waals surface area contributed by atoms with E-state index in [1.165, 1.54) is 6.20 Å². The summed E-state index contributed by atoms with van der Waals surface area (Å²) in [6.45, 7) is 0.721.